The monoisotopic (exact) mass is 513 g/mol. The van der Waals surface area contributed by atoms with E-state index in [1.165, 1.54) is 5.56 Å². The second-order valence-electron chi connectivity index (χ2n) is 10.8. The van der Waals surface area contributed by atoms with Gasteiger partial charge in [-0.05, 0) is 0 Å². The molecule has 174 valence electrons. The van der Waals surface area contributed by atoms with Crippen molar-refractivity contribution in [1.29, 1.82) is 0 Å². The third-order valence-corrected chi connectivity index (χ3v) is 13.4. The van der Waals surface area contributed by atoms with Gasteiger partial charge in [-0.1, -0.05) is 0 Å². The summed E-state index contributed by atoms with van der Waals surface area (Å²) in [5, 5.41) is 0.995. The van der Waals surface area contributed by atoms with Crippen molar-refractivity contribution in [3.05, 3.63) is 35.9 Å². The van der Waals surface area contributed by atoms with Gasteiger partial charge in [0.05, 0.1) is 0 Å². The van der Waals surface area contributed by atoms with Gasteiger partial charge in [-0.15, -0.1) is 0 Å². The molecule has 5 nitrogen and oxygen atoms in total. The van der Waals surface area contributed by atoms with Gasteiger partial charge in [0.25, 0.3) is 0 Å². The number of benzene rings is 1. The molecule has 7 heteroatoms. The minimum absolute atomic E-state index is 0.0111. The molecule has 0 unspecified atom stereocenters. The van der Waals surface area contributed by atoms with E-state index in [0.29, 0.717) is 0 Å². The van der Waals surface area contributed by atoms with Crippen molar-refractivity contribution in [3.63, 3.8) is 0 Å². The number of carbonyl (C=O) groups is 2. The molecular formula is C24H39NO4SeSi. The van der Waals surface area contributed by atoms with Crippen LogP contribution in [0.15, 0.2) is 30.3 Å². The molecule has 1 aromatic rings. The molecule has 0 aromatic heterocycles. The molecule has 0 N–H and O–H groups in total. The number of rotatable bonds is 8. The molecule has 31 heavy (non-hydrogen) atoms. The number of hydrogen-bond donors (Lipinski definition) is 0. The number of carbonyl (C=O) groups excluding carboxylic acids is 2. The van der Waals surface area contributed by atoms with Crippen LogP contribution < -0.4 is 0 Å². The number of hydrogen-bond acceptors (Lipinski definition) is 4. The van der Waals surface area contributed by atoms with Gasteiger partial charge in [0.1, 0.15) is 0 Å². The first-order valence-electron chi connectivity index (χ1n) is 11.0. The molecule has 0 spiro atoms. The summed E-state index contributed by atoms with van der Waals surface area (Å²) in [5.74, 6) is -0.532. The molecule has 0 aliphatic carbocycles. The van der Waals surface area contributed by atoms with E-state index in [1.807, 2.05) is 45.9 Å². The number of ether oxygens (including phenoxy) is 1. The molecule has 2 rings (SSSR count). The van der Waals surface area contributed by atoms with Crippen LogP contribution >= 0.6 is 0 Å². The van der Waals surface area contributed by atoms with Crippen LogP contribution in [0.5, 0.6) is 0 Å². The standard InChI is InChI=1S/C24H39NO4SeSi/c1-17(29-31(8,9)24(5,6)7)20-21(27)25(15-19(26)28-23(2,3)4)22(20)30-16-18-13-11-10-12-14-18/h10-14,17,20,22H,15-16H2,1-9H3/t17-,20+,22-/m1/s1. The minimum atomic E-state index is -2.00. The molecule has 3 atom stereocenters. The van der Waals surface area contributed by atoms with E-state index in [1.54, 1.807) is 4.90 Å². The maximum atomic E-state index is 13.1. The predicted molar refractivity (Wildman–Crippen MR) is 128 cm³/mol. The van der Waals surface area contributed by atoms with Gasteiger partial charge in [-0.3, -0.25) is 0 Å². The zero-order valence-electron chi connectivity index (χ0n) is 20.5. The van der Waals surface area contributed by atoms with Crippen molar-refractivity contribution >= 4 is 35.2 Å². The van der Waals surface area contributed by atoms with Crippen LogP contribution in [0, 0.1) is 5.92 Å². The van der Waals surface area contributed by atoms with Crippen molar-refractivity contribution in [2.45, 2.75) is 88.6 Å². The Morgan fingerprint density at radius 1 is 1.13 bits per heavy atom. The number of nitrogens with zero attached hydrogens (tertiary/aromatic N) is 1. The summed E-state index contributed by atoms with van der Waals surface area (Å²) in [6.45, 7) is 18.6. The van der Waals surface area contributed by atoms with Gasteiger partial charge in [0.2, 0.25) is 0 Å². The normalized spacial score (nSPS) is 20.9. The van der Waals surface area contributed by atoms with E-state index >= 15 is 0 Å². The fourth-order valence-electron chi connectivity index (χ4n) is 3.33. The molecule has 1 fully saturated rings. The topological polar surface area (TPSA) is 55.8 Å². The zero-order chi connectivity index (χ0) is 23.6. The van der Waals surface area contributed by atoms with Gasteiger partial charge < -0.3 is 0 Å². The molecular weight excluding hydrogens is 473 g/mol. The van der Waals surface area contributed by atoms with E-state index in [-0.39, 0.29) is 55.4 Å². The first-order chi connectivity index (χ1) is 14.1. The molecule has 1 heterocycles. The summed E-state index contributed by atoms with van der Waals surface area (Å²) in [5.41, 5.74) is 0.698. The molecule has 0 bridgehead atoms. The SMILES string of the molecule is C[C@@H](O[Si](C)(C)C(C)(C)C)[C@H]1C(=O)N(CC(=O)OC(C)(C)C)[C@@H]1[Se]Cc1ccccc1. The summed E-state index contributed by atoms with van der Waals surface area (Å²) in [7, 11) is -2.00. The fraction of sp³-hybridized carbons (Fsp3) is 0.667. The van der Waals surface area contributed by atoms with Crippen LogP contribution in [0.3, 0.4) is 0 Å². The Hall–Kier alpha value is -1.14. The van der Waals surface area contributed by atoms with Crippen LogP contribution in [-0.2, 0) is 24.1 Å². The van der Waals surface area contributed by atoms with E-state index < -0.39 is 13.9 Å². The third-order valence-electron chi connectivity index (χ3n) is 5.96. The Morgan fingerprint density at radius 2 is 1.71 bits per heavy atom. The quantitative estimate of drug-likeness (QED) is 0.294. The molecule has 0 saturated carbocycles. The Labute approximate surface area is 195 Å². The van der Waals surface area contributed by atoms with Crippen LogP contribution in [-0.4, -0.2) is 63.2 Å². The van der Waals surface area contributed by atoms with Crippen molar-refractivity contribution < 1.29 is 18.8 Å². The van der Waals surface area contributed by atoms with Gasteiger partial charge in [-0.2, -0.15) is 0 Å². The second-order valence-corrected chi connectivity index (χ2v) is 17.9. The molecule has 1 aliphatic heterocycles. The summed E-state index contributed by atoms with van der Waals surface area (Å²) in [6, 6.07) is 10.3. The van der Waals surface area contributed by atoms with Gasteiger partial charge >= 0.3 is 196 Å². The fourth-order valence-corrected chi connectivity index (χ4v) is 7.82. The summed E-state index contributed by atoms with van der Waals surface area (Å²) in [4.78, 5) is 27.3. The van der Waals surface area contributed by atoms with Crippen molar-refractivity contribution in [2.75, 3.05) is 6.54 Å². The first-order valence-corrected chi connectivity index (χ1v) is 16.1. The van der Waals surface area contributed by atoms with E-state index in [4.69, 9.17) is 9.16 Å². The average molecular weight is 513 g/mol. The molecule has 0 radical (unpaired) electrons. The van der Waals surface area contributed by atoms with Crippen LogP contribution in [0.25, 0.3) is 0 Å². The molecule has 1 amide bonds. The van der Waals surface area contributed by atoms with E-state index in [2.05, 4.69) is 46.0 Å². The number of β-lactam (4-membered cyclic amide) rings is 1. The molecule has 1 aromatic carbocycles. The van der Waals surface area contributed by atoms with E-state index in [0.717, 1.165) is 5.32 Å². The molecule has 1 aliphatic rings. The van der Waals surface area contributed by atoms with Gasteiger partial charge in [-0.25, -0.2) is 0 Å². The maximum absolute atomic E-state index is 13.1. The van der Waals surface area contributed by atoms with Crippen LogP contribution in [0.4, 0.5) is 0 Å². The number of amides is 1. The molecule has 1 saturated heterocycles. The van der Waals surface area contributed by atoms with Crippen LogP contribution in [0.1, 0.15) is 54.0 Å². The number of likely N-dealkylation sites (tertiary alicyclic amines) is 1. The van der Waals surface area contributed by atoms with Crippen molar-refractivity contribution in [1.82, 2.24) is 4.90 Å². The van der Waals surface area contributed by atoms with Gasteiger partial charge in [0, 0.05) is 0 Å². The second kappa shape index (κ2) is 9.78. The number of esters is 1. The van der Waals surface area contributed by atoms with Crippen LogP contribution in [0.2, 0.25) is 18.1 Å². The average Bonchev–Trinajstić information content (AvgIpc) is 2.60. The third kappa shape index (κ3) is 6.92. The zero-order valence-corrected chi connectivity index (χ0v) is 23.2. The van der Waals surface area contributed by atoms with Gasteiger partial charge in [0.15, 0.2) is 0 Å². The predicted octanol–water partition coefficient (Wildman–Crippen LogP) is 4.43. The summed E-state index contributed by atoms with van der Waals surface area (Å²) in [6.07, 6.45) is -0.161. The Bertz CT molecular complexity index is 770. The Balaban J connectivity index is 2.15. The summed E-state index contributed by atoms with van der Waals surface area (Å²) >= 11 is 0.132. The van der Waals surface area contributed by atoms with E-state index in [9.17, 15) is 9.59 Å². The Kier molecular flexibility index (Phi) is 8.24. The Morgan fingerprint density at radius 3 is 2.23 bits per heavy atom. The van der Waals surface area contributed by atoms with Crippen molar-refractivity contribution in [3.8, 4) is 0 Å². The first kappa shape index (κ1) is 26.1. The van der Waals surface area contributed by atoms with Crippen molar-refractivity contribution in [2.24, 2.45) is 5.92 Å². The summed E-state index contributed by atoms with van der Waals surface area (Å²) < 4.78 is 12.1.